The number of carbonyl (C=O) groups is 1. The molecule has 0 saturated carbocycles. The maximum atomic E-state index is 13.6. The van der Waals surface area contributed by atoms with Gasteiger partial charge >= 0.3 is 0 Å². The molecule has 116 valence electrons. The fourth-order valence-corrected chi connectivity index (χ4v) is 2.86. The first-order chi connectivity index (χ1) is 9.97. The highest BCUT2D eigenvalue weighted by atomic mass is 79.9. The molecule has 1 aliphatic rings. The molecule has 1 heterocycles. The number of nitrogens with zero attached hydrogens (tertiary/aromatic N) is 1. The van der Waals surface area contributed by atoms with Gasteiger partial charge in [0.2, 0.25) is 0 Å². The summed E-state index contributed by atoms with van der Waals surface area (Å²) in [5, 5.41) is 2.58. The maximum Gasteiger partial charge on any atom is 0.257 e. The topological polar surface area (TPSA) is 32.3 Å². The molecule has 1 N–H and O–H groups in total. The van der Waals surface area contributed by atoms with Crippen molar-refractivity contribution in [2.24, 2.45) is 5.92 Å². The highest BCUT2D eigenvalue weighted by Crippen LogP contribution is 2.19. The van der Waals surface area contributed by atoms with Gasteiger partial charge in [-0.2, -0.15) is 0 Å². The minimum atomic E-state index is -0.855. The number of halogens is 3. The molecule has 2 rings (SSSR count). The summed E-state index contributed by atoms with van der Waals surface area (Å²) in [5.74, 6) is -1.66. The summed E-state index contributed by atoms with van der Waals surface area (Å²) in [7, 11) is 0. The molecule has 0 aromatic heterocycles. The van der Waals surface area contributed by atoms with Crippen molar-refractivity contribution in [3.05, 3.63) is 33.8 Å². The van der Waals surface area contributed by atoms with Crippen molar-refractivity contribution >= 4 is 21.8 Å². The predicted octanol–water partition coefficient (Wildman–Crippen LogP) is 3.19. The van der Waals surface area contributed by atoms with E-state index >= 15 is 0 Å². The molecule has 3 nitrogen and oxygen atoms in total. The smallest absolute Gasteiger partial charge is 0.257 e. The highest BCUT2D eigenvalue weighted by Gasteiger charge is 2.19. The van der Waals surface area contributed by atoms with E-state index in [2.05, 4.69) is 33.1 Å². The average Bonchev–Trinajstić information content (AvgIpc) is 2.40. The second-order valence-corrected chi connectivity index (χ2v) is 6.44. The second kappa shape index (κ2) is 7.31. The minimum absolute atomic E-state index is 0.275. The summed E-state index contributed by atoms with van der Waals surface area (Å²) in [5.41, 5.74) is -0.523. The fourth-order valence-electron chi connectivity index (χ4n) is 2.46. The van der Waals surface area contributed by atoms with E-state index in [-0.39, 0.29) is 4.47 Å². The van der Waals surface area contributed by atoms with Crippen LogP contribution in [0.1, 0.15) is 30.1 Å². The Labute approximate surface area is 131 Å². The molecule has 0 radical (unpaired) electrons. The first-order valence-corrected chi connectivity index (χ1v) is 7.91. The van der Waals surface area contributed by atoms with Gasteiger partial charge in [-0.3, -0.25) is 4.79 Å². The normalized spacial score (nSPS) is 17.0. The number of likely N-dealkylation sites (tertiary alicyclic amines) is 1. The summed E-state index contributed by atoms with van der Waals surface area (Å²) >= 11 is 2.99. The first-order valence-electron chi connectivity index (χ1n) is 7.12. The molecule has 0 atom stereocenters. The Morgan fingerprint density at radius 1 is 1.33 bits per heavy atom. The van der Waals surface area contributed by atoms with Gasteiger partial charge in [0, 0.05) is 17.6 Å². The van der Waals surface area contributed by atoms with Crippen LogP contribution in [0, 0.1) is 17.6 Å². The first kappa shape index (κ1) is 16.4. The number of rotatable bonds is 4. The van der Waals surface area contributed by atoms with E-state index in [1.165, 1.54) is 0 Å². The van der Waals surface area contributed by atoms with E-state index < -0.39 is 23.1 Å². The highest BCUT2D eigenvalue weighted by molar-refractivity contribution is 9.10. The van der Waals surface area contributed by atoms with Crippen molar-refractivity contribution in [3.63, 3.8) is 0 Å². The van der Waals surface area contributed by atoms with Gasteiger partial charge in [-0.25, -0.2) is 8.78 Å². The van der Waals surface area contributed by atoms with E-state index in [9.17, 15) is 13.6 Å². The van der Waals surface area contributed by atoms with E-state index in [4.69, 9.17) is 0 Å². The third kappa shape index (κ3) is 4.48. The Morgan fingerprint density at radius 3 is 2.48 bits per heavy atom. The van der Waals surface area contributed by atoms with Gasteiger partial charge in [0.1, 0.15) is 17.2 Å². The third-order valence-corrected chi connectivity index (χ3v) is 4.28. The van der Waals surface area contributed by atoms with Crippen molar-refractivity contribution < 1.29 is 13.6 Å². The van der Waals surface area contributed by atoms with Gasteiger partial charge in [0.15, 0.2) is 0 Å². The van der Waals surface area contributed by atoms with Crippen molar-refractivity contribution in [1.82, 2.24) is 10.2 Å². The van der Waals surface area contributed by atoms with Crippen LogP contribution in [0.5, 0.6) is 0 Å². The van der Waals surface area contributed by atoms with Crippen LogP contribution in [0.15, 0.2) is 16.6 Å². The van der Waals surface area contributed by atoms with Crippen molar-refractivity contribution in [2.75, 3.05) is 26.2 Å². The summed E-state index contributed by atoms with van der Waals surface area (Å²) < 4.78 is 27.6. The monoisotopic (exact) mass is 360 g/mol. The van der Waals surface area contributed by atoms with Crippen molar-refractivity contribution in [2.45, 2.75) is 19.8 Å². The van der Waals surface area contributed by atoms with Crippen LogP contribution in [0.25, 0.3) is 0 Å². The number of piperidine rings is 1. The van der Waals surface area contributed by atoms with Gasteiger partial charge in [0.05, 0.1) is 0 Å². The molecule has 0 unspecified atom stereocenters. The second-order valence-electron chi connectivity index (χ2n) is 5.52. The predicted molar refractivity (Wildman–Crippen MR) is 81.2 cm³/mol. The largest absolute Gasteiger partial charge is 0.351 e. The Bertz CT molecular complexity index is 493. The van der Waals surface area contributed by atoms with E-state index in [0.29, 0.717) is 13.1 Å². The molecular formula is C15H19BrF2N2O. The van der Waals surface area contributed by atoms with Gasteiger partial charge in [0.25, 0.3) is 5.91 Å². The zero-order valence-corrected chi connectivity index (χ0v) is 13.6. The molecular weight excluding hydrogens is 342 g/mol. The van der Waals surface area contributed by atoms with Crippen molar-refractivity contribution in [3.8, 4) is 0 Å². The number of nitrogens with one attached hydrogen (secondary N) is 1. The molecule has 1 aromatic rings. The number of amides is 1. The summed E-state index contributed by atoms with van der Waals surface area (Å²) in [4.78, 5) is 14.1. The van der Waals surface area contributed by atoms with Crippen molar-refractivity contribution in [1.29, 1.82) is 0 Å². The lowest BCUT2D eigenvalue weighted by Gasteiger charge is -2.30. The molecule has 1 aliphatic heterocycles. The molecule has 0 aliphatic carbocycles. The fraction of sp³-hybridized carbons (Fsp3) is 0.533. The molecule has 21 heavy (non-hydrogen) atoms. The molecule has 0 spiro atoms. The van der Waals surface area contributed by atoms with Crippen LogP contribution in [-0.2, 0) is 0 Å². The number of hydrogen-bond acceptors (Lipinski definition) is 2. The number of carbonyl (C=O) groups excluding carboxylic acids is 1. The molecule has 6 heteroatoms. The van der Waals surface area contributed by atoms with Gasteiger partial charge in [-0.15, -0.1) is 0 Å². The lowest BCUT2D eigenvalue weighted by atomic mass is 9.99. The Morgan fingerprint density at radius 2 is 1.90 bits per heavy atom. The molecule has 0 bridgehead atoms. The zero-order valence-electron chi connectivity index (χ0n) is 12.0. The maximum absolute atomic E-state index is 13.6. The molecule has 1 saturated heterocycles. The van der Waals surface area contributed by atoms with Crippen LogP contribution >= 0.6 is 15.9 Å². The van der Waals surface area contributed by atoms with E-state index in [1.807, 2.05) is 0 Å². The third-order valence-electron chi connectivity index (χ3n) is 3.82. The zero-order chi connectivity index (χ0) is 15.4. The van der Waals surface area contributed by atoms with Crippen LogP contribution in [-0.4, -0.2) is 37.0 Å². The lowest BCUT2D eigenvalue weighted by Crippen LogP contribution is -2.39. The van der Waals surface area contributed by atoms with Gasteiger partial charge in [-0.05, 0) is 44.0 Å². The Kier molecular flexibility index (Phi) is 5.70. The van der Waals surface area contributed by atoms with Crippen LogP contribution in [0.4, 0.5) is 8.78 Å². The Balaban J connectivity index is 1.85. The summed E-state index contributed by atoms with van der Waals surface area (Å²) in [6, 6.07) is 2.17. The molecule has 1 aromatic carbocycles. The lowest BCUT2D eigenvalue weighted by molar-refractivity contribution is 0.0936. The average molecular weight is 361 g/mol. The van der Waals surface area contributed by atoms with E-state index in [1.54, 1.807) is 0 Å². The van der Waals surface area contributed by atoms with Crippen LogP contribution in [0.2, 0.25) is 0 Å². The van der Waals surface area contributed by atoms with Gasteiger partial charge in [-0.1, -0.05) is 22.9 Å². The minimum Gasteiger partial charge on any atom is -0.351 e. The van der Waals surface area contributed by atoms with Crippen LogP contribution < -0.4 is 5.32 Å². The number of benzene rings is 1. The Hall–Kier alpha value is -1.01. The van der Waals surface area contributed by atoms with Crippen LogP contribution in [0.3, 0.4) is 0 Å². The quantitative estimate of drug-likeness (QED) is 0.894. The molecule has 1 amide bonds. The standard InChI is InChI=1S/C15H19BrF2N2O/c1-10-2-5-20(6-3-10)7-4-19-15(21)14-12(17)8-11(16)9-13(14)18/h8-10H,2-7H2,1H3,(H,19,21). The van der Waals surface area contributed by atoms with Gasteiger partial charge < -0.3 is 10.2 Å². The number of hydrogen-bond donors (Lipinski definition) is 1. The SMILES string of the molecule is CC1CCN(CCNC(=O)c2c(F)cc(Br)cc2F)CC1. The molecule has 1 fully saturated rings. The summed E-state index contributed by atoms with van der Waals surface area (Å²) in [6.07, 6.45) is 2.31. The van der Waals surface area contributed by atoms with E-state index in [0.717, 1.165) is 44.0 Å². The summed E-state index contributed by atoms with van der Waals surface area (Å²) in [6.45, 7) is 5.36.